The Labute approximate surface area is 157 Å². The van der Waals surface area contributed by atoms with E-state index in [-0.39, 0.29) is 31.1 Å². The van der Waals surface area contributed by atoms with E-state index in [0.717, 1.165) is 9.37 Å². The highest BCUT2D eigenvalue weighted by molar-refractivity contribution is 9.10. The Balaban J connectivity index is 1.74. The Hall–Kier alpha value is -2.88. The van der Waals surface area contributed by atoms with Gasteiger partial charge in [0.1, 0.15) is 18.1 Å². The summed E-state index contributed by atoms with van der Waals surface area (Å²) in [6, 6.07) is 5.02. The van der Waals surface area contributed by atoms with Gasteiger partial charge in [-0.1, -0.05) is 0 Å². The molecule has 1 aliphatic heterocycles. The van der Waals surface area contributed by atoms with Gasteiger partial charge in [-0.2, -0.15) is 0 Å². The van der Waals surface area contributed by atoms with Crippen molar-refractivity contribution >= 4 is 45.1 Å². The molecule has 2 amide bonds. The molecule has 0 bridgehead atoms. The number of hydrogen-bond donors (Lipinski definition) is 2. The number of pyridine rings is 2. The van der Waals surface area contributed by atoms with Gasteiger partial charge in [0.05, 0.1) is 11.9 Å². The second-order valence-corrected chi connectivity index (χ2v) is 6.68. The molecule has 1 fully saturated rings. The number of carbonyl (C=O) groups excluding carboxylic acids is 1. The van der Waals surface area contributed by atoms with Gasteiger partial charge in [0.2, 0.25) is 5.91 Å². The summed E-state index contributed by atoms with van der Waals surface area (Å²) in [5.74, 6) is 0.155. The zero-order valence-electron chi connectivity index (χ0n) is 13.8. The predicted octanol–water partition coefficient (Wildman–Crippen LogP) is 1.61. The van der Waals surface area contributed by atoms with Gasteiger partial charge in [-0.25, -0.2) is 9.78 Å². The second-order valence-electron chi connectivity index (χ2n) is 5.76. The highest BCUT2D eigenvalue weighted by atomic mass is 79.9. The van der Waals surface area contributed by atoms with Crippen molar-refractivity contribution in [2.24, 2.45) is 7.05 Å². The molecule has 0 unspecified atom stereocenters. The fraction of sp³-hybridized carbons (Fsp3) is 0.250. The van der Waals surface area contributed by atoms with E-state index in [0.29, 0.717) is 17.2 Å². The lowest BCUT2D eigenvalue weighted by atomic mass is 10.2. The predicted molar refractivity (Wildman–Crippen MR) is 98.9 cm³/mol. The fourth-order valence-electron chi connectivity index (χ4n) is 2.63. The Morgan fingerprint density at radius 1 is 1.31 bits per heavy atom. The zero-order chi connectivity index (χ0) is 18.8. The topological polar surface area (TPSA) is 108 Å². The maximum Gasteiger partial charge on any atom is 0.407 e. The van der Waals surface area contributed by atoms with Gasteiger partial charge in [0.25, 0.3) is 5.56 Å². The molecule has 0 atom stereocenters. The number of anilines is 3. The second kappa shape index (κ2) is 7.16. The van der Waals surface area contributed by atoms with Crippen LogP contribution in [0.15, 0.2) is 39.9 Å². The molecule has 2 N–H and O–H groups in total. The summed E-state index contributed by atoms with van der Waals surface area (Å²) in [4.78, 5) is 42.0. The molecule has 0 spiro atoms. The molecule has 3 heterocycles. The van der Waals surface area contributed by atoms with E-state index in [1.165, 1.54) is 15.7 Å². The Morgan fingerprint density at radius 3 is 2.69 bits per heavy atom. The van der Waals surface area contributed by atoms with Crippen molar-refractivity contribution in [3.63, 3.8) is 0 Å². The molecule has 2 aromatic heterocycles. The number of halogens is 1. The molecule has 9 nitrogen and oxygen atoms in total. The van der Waals surface area contributed by atoms with Crippen LogP contribution in [0.4, 0.5) is 22.0 Å². The minimum absolute atomic E-state index is 0.177. The third-order valence-electron chi connectivity index (χ3n) is 3.96. The molecule has 1 saturated heterocycles. The SMILES string of the molecule is Cn1cc(Br)cc(Nc2ccc(N3CCN(C(=O)O)CC3=O)cn2)c1=O. The summed E-state index contributed by atoms with van der Waals surface area (Å²) in [5, 5.41) is 11.9. The van der Waals surface area contributed by atoms with Crippen LogP contribution in [0.5, 0.6) is 0 Å². The van der Waals surface area contributed by atoms with Crippen molar-refractivity contribution in [2.75, 3.05) is 29.9 Å². The molecule has 3 rings (SSSR count). The minimum atomic E-state index is -1.11. The summed E-state index contributed by atoms with van der Waals surface area (Å²) in [6.07, 6.45) is 2.07. The lowest BCUT2D eigenvalue weighted by Gasteiger charge is -2.32. The summed E-state index contributed by atoms with van der Waals surface area (Å²) >= 11 is 3.34. The number of carbonyl (C=O) groups is 2. The van der Waals surface area contributed by atoms with Crippen LogP contribution in [0.25, 0.3) is 0 Å². The third kappa shape index (κ3) is 3.69. The number of aromatic nitrogens is 2. The standard InChI is InChI=1S/C16H16BrN5O4/c1-20-8-10(17)6-12(15(20)24)19-13-3-2-11(7-18-13)22-5-4-21(16(25)26)9-14(22)23/h2-3,6-8H,4-5,9H2,1H3,(H,18,19)(H,25,26). The smallest absolute Gasteiger partial charge is 0.407 e. The first-order chi connectivity index (χ1) is 12.3. The van der Waals surface area contributed by atoms with Gasteiger partial charge in [-0.15, -0.1) is 0 Å². The lowest BCUT2D eigenvalue weighted by molar-refractivity contribution is -0.120. The average molecular weight is 422 g/mol. The lowest BCUT2D eigenvalue weighted by Crippen LogP contribution is -2.52. The van der Waals surface area contributed by atoms with Crippen LogP contribution >= 0.6 is 15.9 Å². The number of piperazine rings is 1. The van der Waals surface area contributed by atoms with Gasteiger partial charge in [-0.3, -0.25) is 14.5 Å². The number of rotatable bonds is 3. The fourth-order valence-corrected chi connectivity index (χ4v) is 3.16. The van der Waals surface area contributed by atoms with Crippen molar-refractivity contribution < 1.29 is 14.7 Å². The quantitative estimate of drug-likeness (QED) is 0.779. The van der Waals surface area contributed by atoms with E-state index in [9.17, 15) is 14.4 Å². The van der Waals surface area contributed by atoms with Crippen molar-refractivity contribution in [3.8, 4) is 0 Å². The molecule has 0 radical (unpaired) electrons. The number of nitrogens with one attached hydrogen (secondary N) is 1. The van der Waals surface area contributed by atoms with Crippen molar-refractivity contribution in [1.82, 2.24) is 14.5 Å². The number of carboxylic acid groups (broad SMARTS) is 1. The largest absolute Gasteiger partial charge is 0.465 e. The van der Waals surface area contributed by atoms with Gasteiger partial charge in [-0.05, 0) is 34.1 Å². The van der Waals surface area contributed by atoms with E-state index in [1.807, 2.05) is 0 Å². The van der Waals surface area contributed by atoms with Crippen LogP contribution in [-0.4, -0.2) is 51.2 Å². The van der Waals surface area contributed by atoms with Crippen LogP contribution in [0, 0.1) is 0 Å². The Kier molecular flexibility index (Phi) is 4.94. The maximum atomic E-state index is 12.1. The van der Waals surface area contributed by atoms with Gasteiger partial charge in [0, 0.05) is 30.8 Å². The highest BCUT2D eigenvalue weighted by Crippen LogP contribution is 2.20. The Bertz CT molecular complexity index is 912. The van der Waals surface area contributed by atoms with Crippen LogP contribution in [0.2, 0.25) is 0 Å². The molecule has 0 saturated carbocycles. The van der Waals surface area contributed by atoms with Crippen LogP contribution in [0.1, 0.15) is 0 Å². The van der Waals surface area contributed by atoms with Crippen molar-refractivity contribution in [1.29, 1.82) is 0 Å². The molecule has 1 aliphatic rings. The molecule has 2 aromatic rings. The van der Waals surface area contributed by atoms with Crippen molar-refractivity contribution in [2.45, 2.75) is 0 Å². The number of hydrogen-bond acceptors (Lipinski definition) is 5. The first kappa shape index (κ1) is 17.9. The van der Waals surface area contributed by atoms with Gasteiger partial charge in [0.15, 0.2) is 0 Å². The molecule has 0 aromatic carbocycles. The number of nitrogens with zero attached hydrogens (tertiary/aromatic N) is 4. The van der Waals surface area contributed by atoms with Crippen LogP contribution < -0.4 is 15.8 Å². The molecule has 10 heteroatoms. The summed E-state index contributed by atoms with van der Waals surface area (Å²) < 4.78 is 2.20. The van der Waals surface area contributed by atoms with E-state index >= 15 is 0 Å². The summed E-state index contributed by atoms with van der Waals surface area (Å²) in [5.41, 5.74) is 0.750. The summed E-state index contributed by atoms with van der Waals surface area (Å²) in [6.45, 7) is 0.338. The Morgan fingerprint density at radius 2 is 2.08 bits per heavy atom. The monoisotopic (exact) mass is 421 g/mol. The first-order valence-electron chi connectivity index (χ1n) is 7.72. The van der Waals surface area contributed by atoms with E-state index in [1.54, 1.807) is 31.4 Å². The zero-order valence-corrected chi connectivity index (χ0v) is 15.4. The minimum Gasteiger partial charge on any atom is -0.465 e. The molecule has 136 valence electrons. The van der Waals surface area contributed by atoms with E-state index in [4.69, 9.17) is 5.11 Å². The molecule has 0 aliphatic carbocycles. The molecule has 26 heavy (non-hydrogen) atoms. The molecular weight excluding hydrogens is 406 g/mol. The normalized spacial score (nSPS) is 14.5. The van der Waals surface area contributed by atoms with E-state index in [2.05, 4.69) is 26.2 Å². The highest BCUT2D eigenvalue weighted by Gasteiger charge is 2.27. The third-order valence-corrected chi connectivity index (χ3v) is 4.40. The van der Waals surface area contributed by atoms with Crippen molar-refractivity contribution in [3.05, 3.63) is 45.4 Å². The van der Waals surface area contributed by atoms with Gasteiger partial charge >= 0.3 is 6.09 Å². The van der Waals surface area contributed by atoms with Gasteiger partial charge < -0.3 is 19.9 Å². The first-order valence-corrected chi connectivity index (χ1v) is 8.52. The molecular formula is C16H16BrN5O4. The maximum absolute atomic E-state index is 12.1. The van der Waals surface area contributed by atoms with E-state index < -0.39 is 6.09 Å². The summed E-state index contributed by atoms with van der Waals surface area (Å²) in [7, 11) is 1.65. The average Bonchev–Trinajstić information content (AvgIpc) is 2.60. The number of amides is 2. The van der Waals surface area contributed by atoms with Crippen LogP contribution in [0.3, 0.4) is 0 Å². The van der Waals surface area contributed by atoms with Crippen LogP contribution in [-0.2, 0) is 11.8 Å². The number of aryl methyl sites for hydroxylation is 1.